The molecule has 0 bridgehead atoms. The van der Waals surface area contributed by atoms with Crippen molar-refractivity contribution in [3.63, 3.8) is 0 Å². The average Bonchev–Trinajstić information content (AvgIpc) is 2.51. The van der Waals surface area contributed by atoms with Crippen LogP contribution in [0.3, 0.4) is 0 Å². The van der Waals surface area contributed by atoms with Gasteiger partial charge in [0.2, 0.25) is 0 Å². The molecule has 128 valence electrons. The van der Waals surface area contributed by atoms with Gasteiger partial charge in [-0.15, -0.1) is 12.4 Å². The molecule has 0 N–H and O–H groups in total. The van der Waals surface area contributed by atoms with Gasteiger partial charge in [0, 0.05) is 38.8 Å². The van der Waals surface area contributed by atoms with Crippen LogP contribution in [0.15, 0.2) is 47.5 Å². The Labute approximate surface area is 151 Å². The number of nitro benzene ring substituents is 1. The summed E-state index contributed by atoms with van der Waals surface area (Å²) in [5.74, 6) is 1.80. The SMILES string of the molecule is CN=C(c1ccc(Oc2ccc([N+](=O)[O-])cc2Cl)cc1)N(C)C.Cl. The minimum absolute atomic E-state index is 0. The zero-order chi connectivity index (χ0) is 17.0. The molecule has 0 saturated heterocycles. The summed E-state index contributed by atoms with van der Waals surface area (Å²) in [5.41, 5.74) is 0.882. The fraction of sp³-hybridized carbons (Fsp3) is 0.188. The molecule has 0 spiro atoms. The Hall–Kier alpha value is -2.31. The number of hydrogen-bond acceptors (Lipinski definition) is 4. The highest BCUT2D eigenvalue weighted by Crippen LogP contribution is 2.32. The smallest absolute Gasteiger partial charge is 0.271 e. The molecule has 6 nitrogen and oxygen atoms in total. The Morgan fingerprint density at radius 1 is 1.21 bits per heavy atom. The molecule has 2 rings (SSSR count). The molecule has 0 atom stereocenters. The van der Waals surface area contributed by atoms with Crippen molar-refractivity contribution in [3.8, 4) is 11.5 Å². The van der Waals surface area contributed by atoms with Gasteiger partial charge < -0.3 is 9.64 Å². The van der Waals surface area contributed by atoms with E-state index >= 15 is 0 Å². The van der Waals surface area contributed by atoms with E-state index < -0.39 is 4.92 Å². The number of amidine groups is 1. The van der Waals surface area contributed by atoms with Gasteiger partial charge in [0.1, 0.15) is 17.3 Å². The maximum absolute atomic E-state index is 10.7. The molecule has 0 aromatic heterocycles. The van der Waals surface area contributed by atoms with Crippen LogP contribution >= 0.6 is 24.0 Å². The van der Waals surface area contributed by atoms with E-state index in [0.717, 1.165) is 11.4 Å². The second-order valence-electron chi connectivity index (χ2n) is 4.94. The first-order chi connectivity index (χ1) is 10.9. The Bertz CT molecular complexity index is 747. The molecule has 8 heteroatoms. The molecule has 0 unspecified atom stereocenters. The summed E-state index contributed by atoms with van der Waals surface area (Å²) < 4.78 is 5.66. The van der Waals surface area contributed by atoms with Crippen LogP contribution in [0.5, 0.6) is 11.5 Å². The molecule has 0 aliphatic rings. The molecule has 0 aliphatic carbocycles. The predicted molar refractivity (Wildman–Crippen MR) is 98.0 cm³/mol. The van der Waals surface area contributed by atoms with Gasteiger partial charge in [-0.3, -0.25) is 15.1 Å². The normalized spacial score (nSPS) is 10.8. The maximum Gasteiger partial charge on any atom is 0.271 e. The minimum Gasteiger partial charge on any atom is -0.456 e. The van der Waals surface area contributed by atoms with E-state index in [-0.39, 0.29) is 23.1 Å². The minimum atomic E-state index is -0.503. The number of nitro groups is 1. The van der Waals surface area contributed by atoms with E-state index in [2.05, 4.69) is 4.99 Å². The average molecular weight is 370 g/mol. The van der Waals surface area contributed by atoms with Crippen LogP contribution in [0.4, 0.5) is 5.69 Å². The van der Waals surface area contributed by atoms with Crippen LogP contribution in [-0.2, 0) is 0 Å². The van der Waals surface area contributed by atoms with Crippen molar-refractivity contribution in [2.75, 3.05) is 21.1 Å². The highest BCUT2D eigenvalue weighted by atomic mass is 35.5. The lowest BCUT2D eigenvalue weighted by Crippen LogP contribution is -2.22. The van der Waals surface area contributed by atoms with E-state index in [9.17, 15) is 10.1 Å². The van der Waals surface area contributed by atoms with Crippen molar-refractivity contribution >= 4 is 35.5 Å². The number of hydrogen-bond donors (Lipinski definition) is 0. The number of benzene rings is 2. The van der Waals surface area contributed by atoms with Crippen molar-refractivity contribution in [2.24, 2.45) is 4.99 Å². The third kappa shape index (κ3) is 4.59. The highest BCUT2D eigenvalue weighted by molar-refractivity contribution is 6.32. The maximum atomic E-state index is 10.7. The molecule has 0 fully saturated rings. The summed E-state index contributed by atoms with van der Waals surface area (Å²) in [6.07, 6.45) is 0. The highest BCUT2D eigenvalue weighted by Gasteiger charge is 2.11. The van der Waals surface area contributed by atoms with Gasteiger partial charge in [-0.2, -0.15) is 0 Å². The molecule has 0 heterocycles. The fourth-order valence-electron chi connectivity index (χ4n) is 2.07. The Kier molecular flexibility index (Phi) is 7.00. The topological polar surface area (TPSA) is 68.0 Å². The van der Waals surface area contributed by atoms with E-state index in [1.807, 2.05) is 31.1 Å². The van der Waals surface area contributed by atoms with Crippen LogP contribution in [0.1, 0.15) is 5.56 Å². The molecule has 0 radical (unpaired) electrons. The number of halogens is 2. The first-order valence-electron chi connectivity index (χ1n) is 6.78. The van der Waals surface area contributed by atoms with Crippen LogP contribution in [0.2, 0.25) is 5.02 Å². The quantitative estimate of drug-likeness (QED) is 0.346. The first-order valence-corrected chi connectivity index (χ1v) is 7.16. The second kappa shape index (κ2) is 8.52. The van der Waals surface area contributed by atoms with Crippen LogP contribution in [0.25, 0.3) is 0 Å². The van der Waals surface area contributed by atoms with E-state index in [1.165, 1.54) is 18.2 Å². The van der Waals surface area contributed by atoms with Gasteiger partial charge in [0.15, 0.2) is 0 Å². The molecular weight excluding hydrogens is 353 g/mol. The Morgan fingerprint density at radius 3 is 2.29 bits per heavy atom. The Balaban J connectivity index is 0.00000288. The molecule has 2 aromatic rings. The molecule has 0 aliphatic heterocycles. The second-order valence-corrected chi connectivity index (χ2v) is 5.35. The van der Waals surface area contributed by atoms with Crippen molar-refractivity contribution in [2.45, 2.75) is 0 Å². The van der Waals surface area contributed by atoms with E-state index in [1.54, 1.807) is 19.2 Å². The third-order valence-electron chi connectivity index (χ3n) is 3.10. The summed E-state index contributed by atoms with van der Waals surface area (Å²) in [5, 5.41) is 10.9. The van der Waals surface area contributed by atoms with Gasteiger partial charge in [0.25, 0.3) is 5.69 Å². The first kappa shape index (κ1) is 19.7. The zero-order valence-electron chi connectivity index (χ0n) is 13.4. The van der Waals surface area contributed by atoms with Crippen molar-refractivity contribution in [3.05, 3.63) is 63.2 Å². The van der Waals surface area contributed by atoms with Gasteiger partial charge in [-0.05, 0) is 30.3 Å². The van der Waals surface area contributed by atoms with Gasteiger partial charge in [-0.1, -0.05) is 11.6 Å². The van der Waals surface area contributed by atoms with Crippen LogP contribution in [0, 0.1) is 10.1 Å². The summed E-state index contributed by atoms with van der Waals surface area (Å²) in [6, 6.07) is 11.5. The largest absolute Gasteiger partial charge is 0.456 e. The standard InChI is InChI=1S/C16H16ClN3O3.ClH/c1-18-16(19(2)3)11-4-7-13(8-5-11)23-15-9-6-12(20(21)22)10-14(15)17;/h4-10H,1-3H3;1H. The Morgan fingerprint density at radius 2 is 1.83 bits per heavy atom. The van der Waals surface area contributed by atoms with Crippen molar-refractivity contribution in [1.29, 1.82) is 0 Å². The fourth-order valence-corrected chi connectivity index (χ4v) is 2.29. The summed E-state index contributed by atoms with van der Waals surface area (Å²) >= 11 is 6.01. The van der Waals surface area contributed by atoms with E-state index in [4.69, 9.17) is 16.3 Å². The number of nitrogens with zero attached hydrogens (tertiary/aromatic N) is 3. The van der Waals surface area contributed by atoms with Gasteiger partial charge in [-0.25, -0.2) is 0 Å². The molecular formula is C16H17Cl2N3O3. The summed E-state index contributed by atoms with van der Waals surface area (Å²) in [4.78, 5) is 16.3. The van der Waals surface area contributed by atoms with Crippen LogP contribution < -0.4 is 4.74 Å². The third-order valence-corrected chi connectivity index (χ3v) is 3.40. The lowest BCUT2D eigenvalue weighted by atomic mass is 10.2. The monoisotopic (exact) mass is 369 g/mol. The van der Waals surface area contributed by atoms with Crippen molar-refractivity contribution in [1.82, 2.24) is 4.90 Å². The lowest BCUT2D eigenvalue weighted by molar-refractivity contribution is -0.384. The molecule has 24 heavy (non-hydrogen) atoms. The predicted octanol–water partition coefficient (Wildman–Crippen LogP) is 4.40. The molecule has 2 aromatic carbocycles. The van der Waals surface area contributed by atoms with E-state index in [0.29, 0.717) is 11.5 Å². The number of rotatable bonds is 4. The van der Waals surface area contributed by atoms with Gasteiger partial charge >= 0.3 is 0 Å². The zero-order valence-corrected chi connectivity index (χ0v) is 15.0. The molecule has 0 saturated carbocycles. The number of non-ortho nitro benzene ring substituents is 1. The number of ether oxygens (including phenoxy) is 1. The number of aliphatic imine (C=N–C) groups is 1. The van der Waals surface area contributed by atoms with Crippen molar-refractivity contribution < 1.29 is 9.66 Å². The summed E-state index contributed by atoms with van der Waals surface area (Å²) in [6.45, 7) is 0. The van der Waals surface area contributed by atoms with Crippen LogP contribution in [-0.4, -0.2) is 36.8 Å². The lowest BCUT2D eigenvalue weighted by Gasteiger charge is -2.15. The van der Waals surface area contributed by atoms with Gasteiger partial charge in [0.05, 0.1) is 9.95 Å². The summed E-state index contributed by atoms with van der Waals surface area (Å²) in [7, 11) is 5.57. The molecule has 0 amide bonds.